The molecule has 0 aromatic rings. The van der Waals surface area contributed by atoms with Gasteiger partial charge in [-0.25, -0.2) is 8.78 Å². The van der Waals surface area contributed by atoms with Crippen LogP contribution in [0.3, 0.4) is 0 Å². The number of hydrogen-bond donors (Lipinski definition) is 0. The van der Waals surface area contributed by atoms with E-state index < -0.39 is 17.6 Å². The fourth-order valence-corrected chi connectivity index (χ4v) is 0.393. The van der Waals surface area contributed by atoms with Crippen LogP contribution in [0.5, 0.6) is 0 Å². The molecular formula is C6H8F4. The second-order valence-corrected chi connectivity index (χ2v) is 1.96. The molecule has 0 rings (SSSR count). The molecule has 0 fully saturated rings. The summed E-state index contributed by atoms with van der Waals surface area (Å²) < 4.78 is 47.9. The van der Waals surface area contributed by atoms with Crippen molar-refractivity contribution in [2.45, 2.75) is 26.2 Å². The van der Waals surface area contributed by atoms with Crippen LogP contribution in [-0.2, 0) is 0 Å². The number of hydrogen-bond acceptors (Lipinski definition) is 0. The molecule has 0 unspecified atom stereocenters. The van der Waals surface area contributed by atoms with Gasteiger partial charge in [0.1, 0.15) is 5.83 Å². The molecule has 0 aromatic carbocycles. The summed E-state index contributed by atoms with van der Waals surface area (Å²) in [7, 11) is 0. The first-order valence-corrected chi connectivity index (χ1v) is 2.82. The number of rotatable bonds is 2. The van der Waals surface area contributed by atoms with Gasteiger partial charge < -0.3 is 0 Å². The van der Waals surface area contributed by atoms with Crippen molar-refractivity contribution in [1.82, 2.24) is 0 Å². The molecule has 0 heterocycles. The van der Waals surface area contributed by atoms with Crippen molar-refractivity contribution in [2.24, 2.45) is 0 Å². The lowest BCUT2D eigenvalue weighted by molar-refractivity contribution is 0.0341. The average Bonchev–Trinajstić information content (AvgIpc) is 1.83. The molecule has 0 aliphatic rings. The number of allylic oxidation sites excluding steroid dienone is 2. The topological polar surface area (TPSA) is 0 Å². The highest BCUT2D eigenvalue weighted by Gasteiger charge is 2.31. The predicted octanol–water partition coefficient (Wildman–Crippen LogP) is 3.20. The highest BCUT2D eigenvalue weighted by Crippen LogP contribution is 2.28. The van der Waals surface area contributed by atoms with Crippen LogP contribution in [0.2, 0.25) is 0 Å². The normalized spacial score (nSPS) is 15.0. The lowest BCUT2D eigenvalue weighted by atomic mass is 10.2. The summed E-state index contributed by atoms with van der Waals surface area (Å²) in [6.45, 7) is 1.58. The molecular weight excluding hydrogens is 148 g/mol. The standard InChI is InChI=1S/C6H8F4/c1-3-4(7)5(8)6(2,9)10/h3H2,1-2H3/b5-4+. The van der Waals surface area contributed by atoms with Crippen molar-refractivity contribution in [1.29, 1.82) is 0 Å². The Balaban J connectivity index is 4.47. The van der Waals surface area contributed by atoms with Crippen LogP contribution in [0.15, 0.2) is 11.7 Å². The zero-order valence-corrected chi connectivity index (χ0v) is 5.72. The summed E-state index contributed by atoms with van der Waals surface area (Å²) >= 11 is 0. The van der Waals surface area contributed by atoms with Gasteiger partial charge in [0.05, 0.1) is 0 Å². The van der Waals surface area contributed by atoms with E-state index in [0.717, 1.165) is 0 Å². The van der Waals surface area contributed by atoms with E-state index in [0.29, 0.717) is 6.92 Å². The van der Waals surface area contributed by atoms with Gasteiger partial charge >= 0.3 is 0 Å². The molecule has 0 amide bonds. The Morgan fingerprint density at radius 2 is 1.70 bits per heavy atom. The Bertz CT molecular complexity index is 142. The van der Waals surface area contributed by atoms with E-state index in [-0.39, 0.29) is 6.42 Å². The van der Waals surface area contributed by atoms with Gasteiger partial charge in [-0.2, -0.15) is 8.78 Å². The molecule has 10 heavy (non-hydrogen) atoms. The summed E-state index contributed by atoms with van der Waals surface area (Å²) in [5.41, 5.74) is 0. The summed E-state index contributed by atoms with van der Waals surface area (Å²) in [5.74, 6) is -7.03. The maximum Gasteiger partial charge on any atom is 0.298 e. The second-order valence-electron chi connectivity index (χ2n) is 1.96. The quantitative estimate of drug-likeness (QED) is 0.538. The Hall–Kier alpha value is -0.540. The van der Waals surface area contributed by atoms with Crippen LogP contribution >= 0.6 is 0 Å². The predicted molar refractivity (Wildman–Crippen MR) is 30.2 cm³/mol. The van der Waals surface area contributed by atoms with E-state index in [1.807, 2.05) is 0 Å². The van der Waals surface area contributed by atoms with Gasteiger partial charge in [-0.05, 0) is 6.42 Å². The van der Waals surface area contributed by atoms with E-state index in [4.69, 9.17) is 0 Å². The first-order valence-electron chi connectivity index (χ1n) is 2.82. The SMILES string of the molecule is CC/C(F)=C(\F)C(C)(F)F. The van der Waals surface area contributed by atoms with Gasteiger partial charge in [0, 0.05) is 6.92 Å². The van der Waals surface area contributed by atoms with Gasteiger partial charge in [-0.1, -0.05) is 6.92 Å². The zero-order valence-electron chi connectivity index (χ0n) is 5.72. The average molecular weight is 156 g/mol. The molecule has 0 spiro atoms. The maximum atomic E-state index is 12.1. The molecule has 60 valence electrons. The Morgan fingerprint density at radius 1 is 1.30 bits per heavy atom. The van der Waals surface area contributed by atoms with Crippen LogP contribution in [0.25, 0.3) is 0 Å². The van der Waals surface area contributed by atoms with Crippen molar-refractivity contribution in [3.05, 3.63) is 11.7 Å². The molecule has 0 atom stereocenters. The lowest BCUT2D eigenvalue weighted by Crippen LogP contribution is -2.11. The number of alkyl halides is 2. The monoisotopic (exact) mass is 156 g/mol. The Morgan fingerprint density at radius 3 is 1.80 bits per heavy atom. The zero-order chi connectivity index (χ0) is 8.36. The smallest absolute Gasteiger partial charge is 0.209 e. The summed E-state index contributed by atoms with van der Waals surface area (Å²) in [6, 6.07) is 0. The van der Waals surface area contributed by atoms with E-state index in [9.17, 15) is 17.6 Å². The molecule has 0 aromatic heterocycles. The molecule has 0 aliphatic heterocycles. The maximum absolute atomic E-state index is 12.1. The van der Waals surface area contributed by atoms with Crippen LogP contribution in [-0.4, -0.2) is 5.92 Å². The van der Waals surface area contributed by atoms with Crippen molar-refractivity contribution in [3.8, 4) is 0 Å². The minimum atomic E-state index is -3.68. The van der Waals surface area contributed by atoms with Crippen LogP contribution in [0.1, 0.15) is 20.3 Å². The summed E-state index contributed by atoms with van der Waals surface area (Å²) in [4.78, 5) is 0. The minimum absolute atomic E-state index is 0.317. The molecule has 0 aliphatic carbocycles. The van der Waals surface area contributed by atoms with Crippen LogP contribution in [0, 0.1) is 0 Å². The first-order chi connectivity index (χ1) is 4.39. The number of halogens is 4. The summed E-state index contributed by atoms with van der Waals surface area (Å²) in [5, 5.41) is 0. The first kappa shape index (κ1) is 9.46. The van der Waals surface area contributed by atoms with Gasteiger partial charge in [0.25, 0.3) is 5.92 Å². The molecule has 0 saturated carbocycles. The lowest BCUT2D eigenvalue weighted by Gasteiger charge is -2.06. The highest BCUT2D eigenvalue weighted by molar-refractivity contribution is 5.07. The van der Waals surface area contributed by atoms with Gasteiger partial charge in [0.15, 0.2) is 5.83 Å². The third-order valence-corrected chi connectivity index (χ3v) is 0.934. The van der Waals surface area contributed by atoms with E-state index in [2.05, 4.69) is 0 Å². The van der Waals surface area contributed by atoms with Crippen LogP contribution in [0.4, 0.5) is 17.6 Å². The van der Waals surface area contributed by atoms with Gasteiger partial charge in [-0.15, -0.1) is 0 Å². The van der Waals surface area contributed by atoms with Crippen LogP contribution < -0.4 is 0 Å². The van der Waals surface area contributed by atoms with E-state index in [1.165, 1.54) is 6.92 Å². The van der Waals surface area contributed by atoms with E-state index in [1.54, 1.807) is 0 Å². The Labute approximate surface area is 56.5 Å². The van der Waals surface area contributed by atoms with Crippen molar-refractivity contribution in [2.75, 3.05) is 0 Å². The third kappa shape index (κ3) is 2.37. The highest BCUT2D eigenvalue weighted by atomic mass is 19.3. The molecule has 0 radical (unpaired) electrons. The minimum Gasteiger partial charge on any atom is -0.209 e. The molecule has 0 bridgehead atoms. The fraction of sp³-hybridized carbons (Fsp3) is 0.667. The van der Waals surface area contributed by atoms with Crippen molar-refractivity contribution in [3.63, 3.8) is 0 Å². The molecule has 0 nitrogen and oxygen atoms in total. The summed E-state index contributed by atoms with van der Waals surface area (Å²) in [6.07, 6.45) is -0.338. The second kappa shape index (κ2) is 3.03. The largest absolute Gasteiger partial charge is 0.298 e. The van der Waals surface area contributed by atoms with E-state index >= 15 is 0 Å². The van der Waals surface area contributed by atoms with Gasteiger partial charge in [0.2, 0.25) is 0 Å². The van der Waals surface area contributed by atoms with Crippen molar-refractivity contribution < 1.29 is 17.6 Å². The molecule has 0 N–H and O–H groups in total. The van der Waals surface area contributed by atoms with Crippen molar-refractivity contribution >= 4 is 0 Å². The third-order valence-electron chi connectivity index (χ3n) is 0.934. The fourth-order valence-electron chi connectivity index (χ4n) is 0.393. The molecule has 0 saturated heterocycles. The Kier molecular flexibility index (Phi) is 2.87. The molecule has 4 heteroatoms. The van der Waals surface area contributed by atoms with Gasteiger partial charge in [-0.3, -0.25) is 0 Å².